The quantitative estimate of drug-likeness (QED) is 0.491. The van der Waals surface area contributed by atoms with E-state index >= 15 is 0 Å². The van der Waals surface area contributed by atoms with E-state index in [9.17, 15) is 10.2 Å². The summed E-state index contributed by atoms with van der Waals surface area (Å²) in [7, 11) is 0. The zero-order valence-corrected chi connectivity index (χ0v) is 9.79. The number of aromatic nitrogens is 4. The Morgan fingerprint density at radius 1 is 1.37 bits per heavy atom. The van der Waals surface area contributed by atoms with Gasteiger partial charge in [0.1, 0.15) is 18.3 Å². The molecule has 0 aromatic carbocycles. The molecule has 0 bridgehead atoms. The third kappa shape index (κ3) is 1.75. The summed E-state index contributed by atoms with van der Waals surface area (Å²) < 4.78 is 6.69. The minimum atomic E-state index is -1.21. The van der Waals surface area contributed by atoms with Crippen LogP contribution in [0.15, 0.2) is 12.3 Å². The van der Waals surface area contributed by atoms with Crippen molar-refractivity contribution in [3.8, 4) is 0 Å². The highest BCUT2D eigenvalue weighted by Crippen LogP contribution is 2.31. The Bertz CT molecular complexity index is 603. The average molecular weight is 267 g/mol. The molecule has 0 spiro atoms. The van der Waals surface area contributed by atoms with Crippen molar-refractivity contribution in [2.45, 2.75) is 24.5 Å². The predicted octanol–water partition coefficient (Wildman–Crippen LogP) is -1.98. The first-order valence-corrected chi connectivity index (χ1v) is 5.71. The second-order valence-electron chi connectivity index (χ2n) is 4.33. The Labute approximate surface area is 107 Å². The van der Waals surface area contributed by atoms with Gasteiger partial charge in [0.15, 0.2) is 17.6 Å². The van der Waals surface area contributed by atoms with Gasteiger partial charge in [0.05, 0.1) is 12.1 Å². The van der Waals surface area contributed by atoms with Crippen molar-refractivity contribution in [2.75, 3.05) is 12.3 Å². The first-order chi connectivity index (χ1) is 9.13. The molecule has 1 fully saturated rings. The fourth-order valence-electron chi connectivity index (χ4n) is 2.16. The molecule has 5 N–H and O–H groups in total. The van der Waals surface area contributed by atoms with E-state index in [1.807, 2.05) is 0 Å². The van der Waals surface area contributed by atoms with Crippen LogP contribution in [-0.4, -0.2) is 60.2 Å². The van der Waals surface area contributed by atoms with Crippen LogP contribution >= 0.6 is 0 Å². The van der Waals surface area contributed by atoms with Gasteiger partial charge in [-0.25, -0.2) is 9.67 Å². The van der Waals surface area contributed by atoms with Gasteiger partial charge in [-0.3, -0.25) is 0 Å². The lowest BCUT2D eigenvalue weighted by Crippen LogP contribution is -2.33. The van der Waals surface area contributed by atoms with E-state index in [-0.39, 0.29) is 5.82 Å². The Balaban J connectivity index is 2.04. The zero-order chi connectivity index (χ0) is 13.6. The zero-order valence-electron chi connectivity index (χ0n) is 9.79. The van der Waals surface area contributed by atoms with Gasteiger partial charge in [-0.2, -0.15) is 0 Å². The molecule has 1 aliphatic heterocycles. The number of nitrogens with zero attached hydrogens (tertiary/aromatic N) is 4. The summed E-state index contributed by atoms with van der Waals surface area (Å²) in [6.45, 7) is -0.398. The molecule has 102 valence electrons. The Hall–Kier alpha value is -1.81. The molecule has 2 aromatic heterocycles. The monoisotopic (exact) mass is 267 g/mol. The first kappa shape index (κ1) is 12.2. The smallest absolute Gasteiger partial charge is 0.181 e. The number of aliphatic hydroxyl groups is 3. The van der Waals surface area contributed by atoms with Crippen molar-refractivity contribution in [3.63, 3.8) is 0 Å². The van der Waals surface area contributed by atoms with Gasteiger partial charge in [-0.15, -0.1) is 5.10 Å². The average Bonchev–Trinajstić information content (AvgIpc) is 2.94. The highest BCUT2D eigenvalue weighted by molar-refractivity contribution is 5.83. The fraction of sp³-hybridized carbons (Fsp3) is 0.500. The summed E-state index contributed by atoms with van der Waals surface area (Å²) in [6, 6.07) is 1.63. The number of nitrogen functional groups attached to an aromatic ring is 1. The molecule has 9 heteroatoms. The van der Waals surface area contributed by atoms with E-state index in [1.165, 1.54) is 10.9 Å². The van der Waals surface area contributed by atoms with Crippen LogP contribution in [0.4, 0.5) is 5.82 Å². The maximum atomic E-state index is 9.94. The van der Waals surface area contributed by atoms with Crippen molar-refractivity contribution in [2.24, 2.45) is 0 Å². The summed E-state index contributed by atoms with van der Waals surface area (Å²) in [5.41, 5.74) is 6.58. The molecule has 3 rings (SSSR count). The Kier molecular flexibility index (Phi) is 2.82. The molecule has 1 aliphatic rings. The van der Waals surface area contributed by atoms with Gasteiger partial charge in [0.2, 0.25) is 0 Å². The van der Waals surface area contributed by atoms with Gasteiger partial charge in [0, 0.05) is 6.20 Å². The van der Waals surface area contributed by atoms with E-state index < -0.39 is 31.1 Å². The molecule has 1 saturated heterocycles. The van der Waals surface area contributed by atoms with Crippen molar-refractivity contribution < 1.29 is 20.1 Å². The standard InChI is InChI=1S/C10H13N5O4/c11-9-6-4(1-2-12-9)15(14-13-6)10-8(18)7(17)5(3-16)19-10/h1-2,5,7-8,10,16-18H,3H2,(H2,11,12). The minimum Gasteiger partial charge on any atom is -0.394 e. The molecule has 19 heavy (non-hydrogen) atoms. The van der Waals surface area contributed by atoms with Crippen LogP contribution in [0.2, 0.25) is 0 Å². The maximum absolute atomic E-state index is 9.94. The first-order valence-electron chi connectivity index (χ1n) is 5.71. The molecule has 0 aliphatic carbocycles. The number of hydrogen-bond donors (Lipinski definition) is 4. The number of fused-ring (bicyclic) bond motifs is 1. The van der Waals surface area contributed by atoms with Crippen molar-refractivity contribution in [3.05, 3.63) is 12.3 Å². The number of anilines is 1. The molecule has 4 unspecified atom stereocenters. The van der Waals surface area contributed by atoms with Crippen LogP contribution in [0.3, 0.4) is 0 Å². The van der Waals surface area contributed by atoms with E-state index in [0.717, 1.165) is 0 Å². The van der Waals surface area contributed by atoms with E-state index in [4.69, 9.17) is 15.6 Å². The normalized spacial score (nSPS) is 31.1. The Morgan fingerprint density at radius 2 is 2.16 bits per heavy atom. The molecule has 9 nitrogen and oxygen atoms in total. The molecule has 0 saturated carbocycles. The highest BCUT2D eigenvalue weighted by Gasteiger charge is 2.44. The van der Waals surface area contributed by atoms with Gasteiger partial charge >= 0.3 is 0 Å². The number of nitrogens with two attached hydrogens (primary N) is 1. The third-order valence-corrected chi connectivity index (χ3v) is 3.18. The van der Waals surface area contributed by atoms with Crippen molar-refractivity contribution >= 4 is 16.9 Å². The van der Waals surface area contributed by atoms with Gasteiger partial charge in [-0.05, 0) is 6.07 Å². The molecule has 0 radical (unpaired) electrons. The lowest BCUT2D eigenvalue weighted by Gasteiger charge is -2.15. The molecule has 2 aromatic rings. The lowest BCUT2D eigenvalue weighted by atomic mass is 10.1. The van der Waals surface area contributed by atoms with Crippen LogP contribution in [-0.2, 0) is 4.74 Å². The highest BCUT2D eigenvalue weighted by atomic mass is 16.6. The lowest BCUT2D eigenvalue weighted by molar-refractivity contribution is -0.0572. The van der Waals surface area contributed by atoms with Gasteiger partial charge < -0.3 is 25.8 Å². The number of ether oxygens (including phenoxy) is 1. The molecular formula is C10H13N5O4. The molecule has 3 heterocycles. The van der Waals surface area contributed by atoms with Gasteiger partial charge in [0.25, 0.3) is 0 Å². The maximum Gasteiger partial charge on any atom is 0.181 e. The van der Waals surface area contributed by atoms with Crippen LogP contribution in [0.25, 0.3) is 11.0 Å². The van der Waals surface area contributed by atoms with E-state index in [1.54, 1.807) is 6.07 Å². The number of aliphatic hydroxyl groups excluding tert-OH is 3. The van der Waals surface area contributed by atoms with E-state index in [0.29, 0.717) is 11.0 Å². The van der Waals surface area contributed by atoms with Crippen molar-refractivity contribution in [1.82, 2.24) is 20.0 Å². The summed E-state index contributed by atoms with van der Waals surface area (Å²) in [6.07, 6.45) is -2.71. The second-order valence-corrected chi connectivity index (χ2v) is 4.33. The molecular weight excluding hydrogens is 254 g/mol. The topological polar surface area (TPSA) is 140 Å². The minimum absolute atomic E-state index is 0.218. The molecule has 4 atom stereocenters. The van der Waals surface area contributed by atoms with Crippen LogP contribution in [0.5, 0.6) is 0 Å². The van der Waals surface area contributed by atoms with Crippen LogP contribution in [0.1, 0.15) is 6.23 Å². The number of pyridine rings is 1. The number of hydrogen-bond acceptors (Lipinski definition) is 8. The summed E-state index contributed by atoms with van der Waals surface area (Å²) in [4.78, 5) is 3.88. The second kappa shape index (κ2) is 4.38. The predicted molar refractivity (Wildman–Crippen MR) is 62.7 cm³/mol. The largest absolute Gasteiger partial charge is 0.394 e. The van der Waals surface area contributed by atoms with Crippen LogP contribution in [0, 0.1) is 0 Å². The fourth-order valence-corrected chi connectivity index (χ4v) is 2.16. The SMILES string of the molecule is Nc1nccc2c1nnn2C1OC(CO)C(O)C1O. The number of rotatable bonds is 2. The molecule has 0 amide bonds. The van der Waals surface area contributed by atoms with E-state index in [2.05, 4.69) is 15.3 Å². The summed E-state index contributed by atoms with van der Waals surface area (Å²) >= 11 is 0. The summed E-state index contributed by atoms with van der Waals surface area (Å²) in [5, 5.41) is 36.4. The van der Waals surface area contributed by atoms with Gasteiger partial charge in [-0.1, -0.05) is 5.21 Å². The van der Waals surface area contributed by atoms with Crippen molar-refractivity contribution in [1.29, 1.82) is 0 Å². The Morgan fingerprint density at radius 3 is 2.84 bits per heavy atom. The van der Waals surface area contributed by atoms with Crippen LogP contribution < -0.4 is 5.73 Å². The third-order valence-electron chi connectivity index (χ3n) is 3.18. The summed E-state index contributed by atoms with van der Waals surface area (Å²) in [5.74, 6) is 0.218.